The quantitative estimate of drug-likeness (QED) is 0.918. The number of fused-ring (bicyclic) bond motifs is 1. The van der Waals surface area contributed by atoms with Crippen LogP contribution >= 0.6 is 11.8 Å². The highest BCUT2D eigenvalue weighted by molar-refractivity contribution is 8.00. The second-order valence-corrected chi connectivity index (χ2v) is 7.41. The lowest BCUT2D eigenvalue weighted by Gasteiger charge is -2.33. The van der Waals surface area contributed by atoms with Gasteiger partial charge in [-0.05, 0) is 43.4 Å². The van der Waals surface area contributed by atoms with Gasteiger partial charge in [-0.25, -0.2) is 0 Å². The Kier molecular flexibility index (Phi) is 4.96. The number of ether oxygens (including phenoxy) is 2. The first kappa shape index (κ1) is 15.0. The Bertz CT molecular complexity index is 480. The summed E-state index contributed by atoms with van der Waals surface area (Å²) in [6.45, 7) is 3.56. The molecule has 0 spiro atoms. The maximum absolute atomic E-state index is 6.35. The van der Waals surface area contributed by atoms with E-state index in [4.69, 9.17) is 15.2 Å². The third kappa shape index (κ3) is 3.67. The zero-order chi connectivity index (χ0) is 14.7. The third-order valence-corrected chi connectivity index (χ3v) is 5.82. The molecule has 3 atom stereocenters. The van der Waals surface area contributed by atoms with E-state index < -0.39 is 0 Å². The van der Waals surface area contributed by atoms with Crippen LogP contribution in [0.3, 0.4) is 0 Å². The monoisotopic (exact) mass is 307 g/mol. The average Bonchev–Trinajstić information content (AvgIpc) is 2.51. The maximum atomic E-state index is 6.35. The van der Waals surface area contributed by atoms with Gasteiger partial charge in [0.1, 0.15) is 13.2 Å². The SMILES string of the molecule is CCCC1CCC(N)C(Sc2ccc3c(c2)OCCO3)C1. The highest BCUT2D eigenvalue weighted by Gasteiger charge is 2.28. The Morgan fingerprint density at radius 1 is 1.19 bits per heavy atom. The van der Waals surface area contributed by atoms with Gasteiger partial charge in [-0.2, -0.15) is 0 Å². The fourth-order valence-corrected chi connectivity index (χ4v) is 4.66. The van der Waals surface area contributed by atoms with Crippen LogP contribution in [0, 0.1) is 5.92 Å². The second-order valence-electron chi connectivity index (χ2n) is 6.09. The summed E-state index contributed by atoms with van der Waals surface area (Å²) in [5.41, 5.74) is 6.35. The van der Waals surface area contributed by atoms with Gasteiger partial charge in [0.2, 0.25) is 0 Å². The minimum atomic E-state index is 0.316. The van der Waals surface area contributed by atoms with Crippen molar-refractivity contribution in [1.29, 1.82) is 0 Å². The molecule has 1 heterocycles. The van der Waals surface area contributed by atoms with E-state index in [0.29, 0.717) is 24.5 Å². The molecule has 1 fully saturated rings. The van der Waals surface area contributed by atoms with Crippen LogP contribution in [0.2, 0.25) is 0 Å². The third-order valence-electron chi connectivity index (χ3n) is 4.45. The molecule has 3 unspecified atom stereocenters. The normalized spacial score (nSPS) is 28.4. The van der Waals surface area contributed by atoms with E-state index in [2.05, 4.69) is 19.1 Å². The van der Waals surface area contributed by atoms with Crippen LogP contribution in [-0.2, 0) is 0 Å². The molecule has 0 amide bonds. The van der Waals surface area contributed by atoms with Crippen LogP contribution in [0.15, 0.2) is 23.1 Å². The molecular formula is C17H25NO2S. The summed E-state index contributed by atoms with van der Waals surface area (Å²) in [5.74, 6) is 2.59. The standard InChI is InChI=1S/C17H25NO2S/c1-2-3-12-4-6-14(18)17(10-12)21-13-5-7-15-16(11-13)20-9-8-19-15/h5,7,11-12,14,17H,2-4,6,8-10,18H2,1H3. The first-order valence-corrected chi connectivity index (χ1v) is 8.96. The van der Waals surface area contributed by atoms with Gasteiger partial charge in [0.15, 0.2) is 11.5 Å². The Morgan fingerprint density at radius 2 is 2.00 bits per heavy atom. The van der Waals surface area contributed by atoms with Crippen molar-refractivity contribution in [2.75, 3.05) is 13.2 Å². The molecule has 2 N–H and O–H groups in total. The van der Waals surface area contributed by atoms with Gasteiger partial charge in [0.05, 0.1) is 0 Å². The van der Waals surface area contributed by atoms with E-state index in [9.17, 15) is 0 Å². The zero-order valence-electron chi connectivity index (χ0n) is 12.7. The highest BCUT2D eigenvalue weighted by atomic mass is 32.2. The van der Waals surface area contributed by atoms with E-state index in [0.717, 1.165) is 23.8 Å². The van der Waals surface area contributed by atoms with E-state index >= 15 is 0 Å². The molecule has 1 aromatic rings. The van der Waals surface area contributed by atoms with Gasteiger partial charge in [-0.15, -0.1) is 11.8 Å². The summed E-state index contributed by atoms with van der Waals surface area (Å²) in [5, 5.41) is 0.526. The summed E-state index contributed by atoms with van der Waals surface area (Å²) in [4.78, 5) is 1.25. The topological polar surface area (TPSA) is 44.5 Å². The summed E-state index contributed by atoms with van der Waals surface area (Å²) in [7, 11) is 0. The van der Waals surface area contributed by atoms with Crippen molar-refractivity contribution < 1.29 is 9.47 Å². The molecule has 4 heteroatoms. The minimum absolute atomic E-state index is 0.316. The molecule has 0 saturated heterocycles. The first-order valence-electron chi connectivity index (χ1n) is 8.08. The fraction of sp³-hybridized carbons (Fsp3) is 0.647. The number of hydrogen-bond donors (Lipinski definition) is 1. The van der Waals surface area contributed by atoms with E-state index in [1.807, 2.05) is 17.8 Å². The summed E-state index contributed by atoms with van der Waals surface area (Å²) in [6, 6.07) is 6.58. The molecular weight excluding hydrogens is 282 g/mol. The van der Waals surface area contributed by atoms with Crippen molar-refractivity contribution in [2.24, 2.45) is 11.7 Å². The Labute approximate surface area is 131 Å². The summed E-state index contributed by atoms with van der Waals surface area (Å²) >= 11 is 1.91. The van der Waals surface area contributed by atoms with Gasteiger partial charge in [-0.3, -0.25) is 0 Å². The molecule has 2 aliphatic rings. The zero-order valence-corrected chi connectivity index (χ0v) is 13.5. The van der Waals surface area contributed by atoms with Crippen molar-refractivity contribution in [3.63, 3.8) is 0 Å². The number of nitrogens with two attached hydrogens (primary N) is 1. The molecule has 1 saturated carbocycles. The smallest absolute Gasteiger partial charge is 0.162 e. The van der Waals surface area contributed by atoms with Crippen LogP contribution in [-0.4, -0.2) is 24.5 Å². The number of rotatable bonds is 4. The van der Waals surface area contributed by atoms with Gasteiger partial charge in [-0.1, -0.05) is 19.8 Å². The van der Waals surface area contributed by atoms with Crippen molar-refractivity contribution in [3.8, 4) is 11.5 Å². The molecule has 1 aliphatic heterocycles. The predicted molar refractivity (Wildman–Crippen MR) is 87.3 cm³/mol. The van der Waals surface area contributed by atoms with Gasteiger partial charge >= 0.3 is 0 Å². The molecule has 0 aromatic heterocycles. The lowest BCUT2D eigenvalue weighted by atomic mass is 9.83. The maximum Gasteiger partial charge on any atom is 0.162 e. The van der Waals surface area contributed by atoms with Gasteiger partial charge in [0, 0.05) is 16.2 Å². The molecule has 21 heavy (non-hydrogen) atoms. The van der Waals surface area contributed by atoms with Crippen LogP contribution < -0.4 is 15.2 Å². The first-order chi connectivity index (χ1) is 10.3. The van der Waals surface area contributed by atoms with Gasteiger partial charge in [0.25, 0.3) is 0 Å². The molecule has 1 aromatic carbocycles. The lowest BCUT2D eigenvalue weighted by Crippen LogP contribution is -2.38. The Hall–Kier alpha value is -0.870. The van der Waals surface area contributed by atoms with Crippen LogP contribution in [0.25, 0.3) is 0 Å². The second kappa shape index (κ2) is 6.93. The largest absolute Gasteiger partial charge is 0.486 e. The van der Waals surface area contributed by atoms with Gasteiger partial charge < -0.3 is 15.2 Å². The minimum Gasteiger partial charge on any atom is -0.486 e. The van der Waals surface area contributed by atoms with E-state index in [-0.39, 0.29) is 0 Å². The van der Waals surface area contributed by atoms with Crippen LogP contribution in [0.1, 0.15) is 39.0 Å². The van der Waals surface area contributed by atoms with Crippen molar-refractivity contribution in [1.82, 2.24) is 0 Å². The van der Waals surface area contributed by atoms with E-state index in [1.54, 1.807) is 0 Å². The predicted octanol–water partition coefficient (Wildman–Crippen LogP) is 3.85. The summed E-state index contributed by atoms with van der Waals surface area (Å²) in [6.07, 6.45) is 6.32. The van der Waals surface area contributed by atoms with Crippen LogP contribution in [0.5, 0.6) is 11.5 Å². The average molecular weight is 307 g/mol. The number of benzene rings is 1. The van der Waals surface area contributed by atoms with Crippen molar-refractivity contribution in [3.05, 3.63) is 18.2 Å². The Balaban J connectivity index is 1.67. The fourth-order valence-electron chi connectivity index (χ4n) is 3.31. The molecule has 0 bridgehead atoms. The summed E-state index contributed by atoms with van der Waals surface area (Å²) < 4.78 is 11.2. The molecule has 3 rings (SSSR count). The Morgan fingerprint density at radius 3 is 2.81 bits per heavy atom. The highest BCUT2D eigenvalue weighted by Crippen LogP contribution is 2.40. The van der Waals surface area contributed by atoms with Crippen molar-refractivity contribution >= 4 is 11.8 Å². The molecule has 116 valence electrons. The lowest BCUT2D eigenvalue weighted by molar-refractivity contribution is 0.171. The van der Waals surface area contributed by atoms with E-state index in [1.165, 1.54) is 30.6 Å². The van der Waals surface area contributed by atoms with Crippen molar-refractivity contribution in [2.45, 2.75) is 55.2 Å². The number of hydrogen-bond acceptors (Lipinski definition) is 4. The molecule has 1 aliphatic carbocycles. The molecule has 0 radical (unpaired) electrons. The number of thioether (sulfide) groups is 1. The van der Waals surface area contributed by atoms with Crippen LogP contribution in [0.4, 0.5) is 0 Å². The molecule has 3 nitrogen and oxygen atoms in total.